The molecule has 132 valence electrons. The molecule has 4 rings (SSSR count). The number of amides is 1. The van der Waals surface area contributed by atoms with E-state index in [9.17, 15) is 4.79 Å². The zero-order chi connectivity index (χ0) is 17.9. The van der Waals surface area contributed by atoms with Crippen LogP contribution in [0.25, 0.3) is 10.8 Å². The highest BCUT2D eigenvalue weighted by atomic mass is 16.5. The summed E-state index contributed by atoms with van der Waals surface area (Å²) < 4.78 is 11.4. The number of hydrogen-bond acceptors (Lipinski definition) is 4. The van der Waals surface area contributed by atoms with Crippen LogP contribution in [0.2, 0.25) is 0 Å². The number of ether oxygens (including phenoxy) is 2. The quantitative estimate of drug-likeness (QED) is 0.706. The highest BCUT2D eigenvalue weighted by Gasteiger charge is 2.23. The van der Waals surface area contributed by atoms with Gasteiger partial charge in [0.05, 0.1) is 12.7 Å². The van der Waals surface area contributed by atoms with Gasteiger partial charge in [-0.1, -0.05) is 18.2 Å². The topological polar surface area (TPSA) is 51.7 Å². The van der Waals surface area contributed by atoms with E-state index in [1.807, 2.05) is 53.4 Å². The fourth-order valence-electron chi connectivity index (χ4n) is 3.28. The molecule has 5 nitrogen and oxygen atoms in total. The third-order valence-corrected chi connectivity index (χ3v) is 4.63. The van der Waals surface area contributed by atoms with Crippen molar-refractivity contribution in [2.45, 2.75) is 12.8 Å². The van der Waals surface area contributed by atoms with Crippen LogP contribution in [-0.4, -0.2) is 36.0 Å². The summed E-state index contributed by atoms with van der Waals surface area (Å²) in [5.41, 5.74) is 0.582. The molecule has 0 spiro atoms. The molecule has 0 aliphatic carbocycles. The molecule has 1 amide bonds. The van der Waals surface area contributed by atoms with Gasteiger partial charge in [-0.25, -0.2) is 4.98 Å². The van der Waals surface area contributed by atoms with E-state index < -0.39 is 0 Å². The van der Waals surface area contributed by atoms with E-state index in [-0.39, 0.29) is 5.91 Å². The van der Waals surface area contributed by atoms with Crippen LogP contribution in [0.5, 0.6) is 17.4 Å². The van der Waals surface area contributed by atoms with Gasteiger partial charge in [-0.05, 0) is 48.6 Å². The number of hydrogen-bond donors (Lipinski definition) is 0. The Kier molecular flexibility index (Phi) is 4.44. The third kappa shape index (κ3) is 3.08. The number of likely N-dealkylation sites (tertiary alicyclic amines) is 1. The number of fused-ring (bicyclic) bond motifs is 1. The molecule has 1 aromatic heterocycles. The van der Waals surface area contributed by atoms with E-state index in [4.69, 9.17) is 9.47 Å². The Morgan fingerprint density at radius 2 is 1.85 bits per heavy atom. The van der Waals surface area contributed by atoms with E-state index in [2.05, 4.69) is 4.98 Å². The molecule has 2 aromatic carbocycles. The summed E-state index contributed by atoms with van der Waals surface area (Å²) in [6.07, 6.45) is 3.80. The lowest BCUT2D eigenvalue weighted by molar-refractivity contribution is 0.0789. The Balaban J connectivity index is 1.76. The summed E-state index contributed by atoms with van der Waals surface area (Å²) in [5.74, 6) is 1.76. The first-order valence-electron chi connectivity index (χ1n) is 8.75. The Bertz CT molecular complexity index is 935. The van der Waals surface area contributed by atoms with Gasteiger partial charge in [0.15, 0.2) is 0 Å². The van der Waals surface area contributed by atoms with Crippen LogP contribution in [0.15, 0.2) is 54.7 Å². The van der Waals surface area contributed by atoms with Crippen molar-refractivity contribution in [3.8, 4) is 17.4 Å². The first-order valence-corrected chi connectivity index (χ1v) is 8.75. The van der Waals surface area contributed by atoms with Crippen molar-refractivity contribution in [3.63, 3.8) is 0 Å². The molecule has 1 aliphatic rings. The lowest BCUT2D eigenvalue weighted by Crippen LogP contribution is -2.28. The zero-order valence-electron chi connectivity index (χ0n) is 14.6. The van der Waals surface area contributed by atoms with Crippen LogP contribution in [0, 0.1) is 0 Å². The van der Waals surface area contributed by atoms with Gasteiger partial charge in [-0.15, -0.1) is 0 Å². The molecule has 1 saturated heterocycles. The normalized spacial score (nSPS) is 13.8. The summed E-state index contributed by atoms with van der Waals surface area (Å²) in [5, 5.41) is 1.71. The highest BCUT2D eigenvalue weighted by Crippen LogP contribution is 2.33. The van der Waals surface area contributed by atoms with Crippen LogP contribution >= 0.6 is 0 Å². The van der Waals surface area contributed by atoms with Crippen LogP contribution < -0.4 is 9.47 Å². The fourth-order valence-corrected chi connectivity index (χ4v) is 3.28. The minimum Gasteiger partial charge on any atom is -0.496 e. The number of rotatable bonds is 4. The second-order valence-electron chi connectivity index (χ2n) is 6.30. The summed E-state index contributed by atoms with van der Waals surface area (Å²) in [7, 11) is 1.58. The highest BCUT2D eigenvalue weighted by molar-refractivity contribution is 6.02. The van der Waals surface area contributed by atoms with Crippen LogP contribution in [0.4, 0.5) is 0 Å². The van der Waals surface area contributed by atoms with E-state index in [0.717, 1.165) is 36.7 Å². The molecule has 5 heteroatoms. The maximum atomic E-state index is 12.8. The maximum Gasteiger partial charge on any atom is 0.257 e. The molecule has 1 fully saturated rings. The first-order chi connectivity index (χ1) is 12.8. The predicted octanol–water partition coefficient (Wildman–Crippen LogP) is 4.27. The number of benzene rings is 2. The van der Waals surface area contributed by atoms with E-state index >= 15 is 0 Å². The van der Waals surface area contributed by atoms with Gasteiger partial charge < -0.3 is 14.4 Å². The monoisotopic (exact) mass is 348 g/mol. The number of pyridine rings is 1. The Morgan fingerprint density at radius 3 is 2.58 bits per heavy atom. The Labute approximate surface area is 152 Å². The number of carbonyl (C=O) groups excluding carboxylic acids is 1. The largest absolute Gasteiger partial charge is 0.496 e. The first kappa shape index (κ1) is 16.4. The molecule has 2 heterocycles. The van der Waals surface area contributed by atoms with Crippen molar-refractivity contribution >= 4 is 16.7 Å². The van der Waals surface area contributed by atoms with Crippen molar-refractivity contribution in [1.82, 2.24) is 9.88 Å². The van der Waals surface area contributed by atoms with Crippen molar-refractivity contribution < 1.29 is 14.3 Å². The zero-order valence-corrected chi connectivity index (χ0v) is 14.6. The average Bonchev–Trinajstić information content (AvgIpc) is 3.22. The molecule has 3 aromatic rings. The molecule has 0 bridgehead atoms. The molecule has 0 radical (unpaired) electrons. The van der Waals surface area contributed by atoms with Gasteiger partial charge in [0.2, 0.25) is 5.88 Å². The molecule has 0 saturated carbocycles. The van der Waals surface area contributed by atoms with Crippen LogP contribution in [0.3, 0.4) is 0 Å². The lowest BCUT2D eigenvalue weighted by atomic mass is 10.1. The smallest absolute Gasteiger partial charge is 0.257 e. The Morgan fingerprint density at radius 1 is 1.08 bits per heavy atom. The number of aromatic nitrogens is 1. The van der Waals surface area contributed by atoms with E-state index in [1.54, 1.807) is 13.3 Å². The van der Waals surface area contributed by atoms with E-state index in [1.165, 1.54) is 0 Å². The summed E-state index contributed by atoms with van der Waals surface area (Å²) in [6, 6.07) is 15.1. The van der Waals surface area contributed by atoms with Crippen molar-refractivity contribution in [3.05, 3.63) is 60.3 Å². The van der Waals surface area contributed by atoms with Gasteiger partial charge >= 0.3 is 0 Å². The number of nitrogens with zero attached hydrogens (tertiary/aromatic N) is 2. The molecule has 0 unspecified atom stereocenters. The van der Waals surface area contributed by atoms with Gasteiger partial charge in [-0.2, -0.15) is 0 Å². The van der Waals surface area contributed by atoms with Crippen LogP contribution in [-0.2, 0) is 0 Å². The van der Waals surface area contributed by atoms with Gasteiger partial charge in [0, 0.05) is 24.7 Å². The van der Waals surface area contributed by atoms with Crippen LogP contribution in [0.1, 0.15) is 23.2 Å². The van der Waals surface area contributed by atoms with Crippen molar-refractivity contribution in [1.29, 1.82) is 0 Å². The van der Waals surface area contributed by atoms with Gasteiger partial charge in [0.25, 0.3) is 5.91 Å². The van der Waals surface area contributed by atoms with Gasteiger partial charge in [0.1, 0.15) is 11.5 Å². The fraction of sp³-hybridized carbons (Fsp3) is 0.238. The predicted molar refractivity (Wildman–Crippen MR) is 99.9 cm³/mol. The Hall–Kier alpha value is -3.08. The second kappa shape index (κ2) is 7.04. The summed E-state index contributed by atoms with van der Waals surface area (Å²) >= 11 is 0. The maximum absolute atomic E-state index is 12.8. The SMILES string of the molecule is COc1cc2c(Oc3ccccc3)nccc2cc1C(=O)N1CCCC1. The summed E-state index contributed by atoms with van der Waals surface area (Å²) in [6.45, 7) is 1.61. The molecule has 1 aliphatic heterocycles. The molecular weight excluding hydrogens is 328 g/mol. The minimum atomic E-state index is 0.0172. The van der Waals surface area contributed by atoms with E-state index in [0.29, 0.717) is 22.9 Å². The van der Waals surface area contributed by atoms with Crippen molar-refractivity contribution in [2.24, 2.45) is 0 Å². The lowest BCUT2D eigenvalue weighted by Gasteiger charge is -2.18. The minimum absolute atomic E-state index is 0.0172. The second-order valence-corrected chi connectivity index (χ2v) is 6.30. The standard InChI is InChI=1S/C21H20N2O3/c1-25-19-14-17-15(13-18(19)21(24)23-11-5-6-12-23)9-10-22-20(17)26-16-7-3-2-4-8-16/h2-4,7-10,13-14H,5-6,11-12H2,1H3. The van der Waals surface area contributed by atoms with Gasteiger partial charge in [-0.3, -0.25) is 4.79 Å². The molecular formula is C21H20N2O3. The summed E-state index contributed by atoms with van der Waals surface area (Å²) in [4.78, 5) is 19.1. The number of para-hydroxylation sites is 1. The third-order valence-electron chi connectivity index (χ3n) is 4.63. The molecule has 26 heavy (non-hydrogen) atoms. The van der Waals surface area contributed by atoms with Crippen molar-refractivity contribution in [2.75, 3.05) is 20.2 Å². The molecule has 0 N–H and O–H groups in total. The average molecular weight is 348 g/mol. The number of carbonyl (C=O) groups is 1. The number of methoxy groups -OCH3 is 1. The molecule has 0 atom stereocenters.